The van der Waals surface area contributed by atoms with Gasteiger partial charge in [0.25, 0.3) is 0 Å². The zero-order valence-corrected chi connectivity index (χ0v) is 18.0. The highest BCUT2D eigenvalue weighted by atomic mass is 32.2. The number of ether oxygens (including phenoxy) is 1. The Morgan fingerprint density at radius 1 is 1.39 bits per heavy atom. The van der Waals surface area contributed by atoms with E-state index in [1.54, 1.807) is 4.57 Å². The molecule has 7 nitrogen and oxygen atoms in total. The van der Waals surface area contributed by atoms with Crippen molar-refractivity contribution in [2.75, 3.05) is 25.1 Å². The van der Waals surface area contributed by atoms with E-state index in [0.29, 0.717) is 19.5 Å². The number of benzene rings is 1. The van der Waals surface area contributed by atoms with Crippen LogP contribution in [0.15, 0.2) is 17.1 Å². The predicted octanol–water partition coefficient (Wildman–Crippen LogP) is 3.10. The largest absolute Gasteiger partial charge is 0.492 e. The molecule has 10 heteroatoms. The van der Waals surface area contributed by atoms with Crippen LogP contribution in [-0.4, -0.2) is 46.6 Å². The Morgan fingerprint density at radius 3 is 2.61 bits per heavy atom. The number of aromatic nitrogens is 1. The molecule has 1 spiro atoms. The highest BCUT2D eigenvalue weighted by Crippen LogP contribution is 2.59. The Balaban J connectivity index is 1.77. The van der Waals surface area contributed by atoms with E-state index in [1.807, 2.05) is 11.8 Å². The van der Waals surface area contributed by atoms with Crippen LogP contribution in [0.3, 0.4) is 0 Å². The number of carboxylic acids is 1. The molecular weight excluding hydrogens is 428 g/mol. The molecule has 0 bridgehead atoms. The average Bonchev–Trinajstić information content (AvgIpc) is 3.61. The van der Waals surface area contributed by atoms with Gasteiger partial charge in [0, 0.05) is 48.4 Å². The number of aromatic carboxylic acids is 1. The second-order valence-electron chi connectivity index (χ2n) is 9.21. The molecule has 1 aliphatic heterocycles. The maximum atomic E-state index is 15.4. The lowest BCUT2D eigenvalue weighted by atomic mass is 9.87. The van der Waals surface area contributed by atoms with Gasteiger partial charge in [-0.05, 0) is 32.3 Å². The average molecular weight is 451 g/mol. The third-order valence-corrected chi connectivity index (χ3v) is 7.93. The van der Waals surface area contributed by atoms with Gasteiger partial charge < -0.3 is 25.0 Å². The van der Waals surface area contributed by atoms with Gasteiger partial charge in [-0.25, -0.2) is 9.18 Å². The van der Waals surface area contributed by atoms with E-state index in [0.717, 1.165) is 18.9 Å². The zero-order valence-electron chi connectivity index (χ0n) is 17.2. The fourth-order valence-electron chi connectivity index (χ4n) is 5.10. The number of methoxy groups -OCH3 is 1. The third kappa shape index (κ3) is 2.87. The quantitative estimate of drug-likeness (QED) is 0.721. The van der Waals surface area contributed by atoms with E-state index in [1.165, 1.54) is 13.3 Å². The highest BCUT2D eigenvalue weighted by Gasteiger charge is 2.61. The molecule has 1 aromatic carbocycles. The van der Waals surface area contributed by atoms with Gasteiger partial charge in [0.1, 0.15) is 11.3 Å². The van der Waals surface area contributed by atoms with Crippen LogP contribution in [0.2, 0.25) is 0 Å². The van der Waals surface area contributed by atoms with Crippen molar-refractivity contribution in [1.82, 2.24) is 4.57 Å². The first-order valence-electron chi connectivity index (χ1n) is 10.1. The zero-order chi connectivity index (χ0) is 22.3. The number of anilines is 1. The number of pyridine rings is 1. The molecule has 3 aliphatic rings. The van der Waals surface area contributed by atoms with Crippen molar-refractivity contribution in [3.8, 4) is 5.75 Å². The maximum absolute atomic E-state index is 15.4. The summed E-state index contributed by atoms with van der Waals surface area (Å²) in [5, 5.41) is 9.02. The van der Waals surface area contributed by atoms with Crippen molar-refractivity contribution >= 4 is 34.7 Å². The molecule has 2 aliphatic carbocycles. The molecule has 3 N–H and O–H groups in total. The number of hydrogen-bond acceptors (Lipinski definition) is 6. The van der Waals surface area contributed by atoms with Crippen molar-refractivity contribution in [3.05, 3.63) is 33.9 Å². The number of fused-ring (bicyclic) bond motifs is 1. The normalized spacial score (nSPS) is 28.4. The molecule has 3 fully saturated rings. The SMILES string of the molecule is COc1c(N2CC(C)(N)C3(CC3)C2)c(F)cc2c(=O)c(C(=O)O)cn(C3CC3SF)c12. The van der Waals surface area contributed by atoms with Gasteiger partial charge in [-0.1, -0.05) is 0 Å². The first kappa shape index (κ1) is 20.6. The maximum Gasteiger partial charge on any atom is 0.341 e. The van der Waals surface area contributed by atoms with Gasteiger partial charge in [0.05, 0.1) is 23.3 Å². The topological polar surface area (TPSA) is 97.8 Å². The van der Waals surface area contributed by atoms with Gasteiger partial charge in [-0.2, -0.15) is 3.89 Å². The molecule has 2 heterocycles. The van der Waals surface area contributed by atoms with E-state index in [9.17, 15) is 18.6 Å². The van der Waals surface area contributed by atoms with Gasteiger partial charge >= 0.3 is 5.97 Å². The Morgan fingerprint density at radius 2 is 2.10 bits per heavy atom. The van der Waals surface area contributed by atoms with Crippen LogP contribution < -0.4 is 20.8 Å². The van der Waals surface area contributed by atoms with Crippen LogP contribution in [0.4, 0.5) is 14.0 Å². The summed E-state index contributed by atoms with van der Waals surface area (Å²) in [5.41, 5.74) is 5.18. The van der Waals surface area contributed by atoms with Crippen molar-refractivity contribution in [2.45, 2.75) is 43.0 Å². The van der Waals surface area contributed by atoms with Crippen molar-refractivity contribution in [1.29, 1.82) is 0 Å². The Bertz CT molecular complexity index is 1170. The summed E-state index contributed by atoms with van der Waals surface area (Å²) in [5.74, 6) is -1.94. The van der Waals surface area contributed by atoms with Gasteiger partial charge in [0.15, 0.2) is 11.6 Å². The van der Waals surface area contributed by atoms with Gasteiger partial charge in [-0.15, -0.1) is 0 Å². The summed E-state index contributed by atoms with van der Waals surface area (Å²) >= 11 is 0.186. The smallest absolute Gasteiger partial charge is 0.341 e. The number of rotatable bonds is 5. The van der Waals surface area contributed by atoms with E-state index < -0.39 is 28.3 Å². The van der Waals surface area contributed by atoms with Crippen LogP contribution in [0.25, 0.3) is 10.9 Å². The van der Waals surface area contributed by atoms with Gasteiger partial charge in [0.2, 0.25) is 5.43 Å². The molecule has 3 atom stereocenters. The molecule has 1 aromatic heterocycles. The highest BCUT2D eigenvalue weighted by molar-refractivity contribution is 7.95. The second kappa shape index (κ2) is 6.59. The molecule has 2 aromatic rings. The van der Waals surface area contributed by atoms with Crippen molar-refractivity contribution in [3.63, 3.8) is 0 Å². The van der Waals surface area contributed by atoms with Crippen molar-refractivity contribution in [2.24, 2.45) is 11.1 Å². The van der Waals surface area contributed by atoms with E-state index >= 15 is 4.39 Å². The number of nitrogens with two attached hydrogens (primary N) is 1. The summed E-state index contributed by atoms with van der Waals surface area (Å²) in [6.07, 6.45) is 3.63. The lowest BCUT2D eigenvalue weighted by molar-refractivity contribution is 0.0694. The first-order chi connectivity index (χ1) is 14.6. The van der Waals surface area contributed by atoms with E-state index in [4.69, 9.17) is 10.5 Å². The van der Waals surface area contributed by atoms with Crippen LogP contribution in [0.1, 0.15) is 42.6 Å². The fraction of sp³-hybridized carbons (Fsp3) is 0.524. The first-order valence-corrected chi connectivity index (χ1v) is 10.9. The fourth-order valence-corrected chi connectivity index (χ4v) is 5.62. The molecule has 3 unspecified atom stereocenters. The number of carbonyl (C=O) groups is 1. The Labute approximate surface area is 181 Å². The minimum absolute atomic E-state index is 0.0707. The summed E-state index contributed by atoms with van der Waals surface area (Å²) < 4.78 is 35.8. The number of nitrogens with zero attached hydrogens (tertiary/aromatic N) is 2. The second-order valence-corrected chi connectivity index (χ2v) is 9.99. The molecule has 0 amide bonds. The molecular formula is C21H23F2N3O4S. The Hall–Kier alpha value is -2.33. The number of hydrogen-bond donors (Lipinski definition) is 2. The number of halogens is 2. The third-order valence-electron chi connectivity index (χ3n) is 7.20. The summed E-state index contributed by atoms with van der Waals surface area (Å²) in [7, 11) is 1.39. The predicted molar refractivity (Wildman–Crippen MR) is 114 cm³/mol. The van der Waals surface area contributed by atoms with E-state index in [-0.39, 0.29) is 51.2 Å². The molecule has 0 radical (unpaired) electrons. The summed E-state index contributed by atoms with van der Waals surface area (Å²) in [6, 6.07) is 0.723. The van der Waals surface area contributed by atoms with Gasteiger partial charge in [-0.3, -0.25) is 4.79 Å². The summed E-state index contributed by atoms with van der Waals surface area (Å²) in [6.45, 7) is 2.96. The molecule has 5 rings (SSSR count). The van der Waals surface area contributed by atoms with E-state index in [2.05, 4.69) is 0 Å². The van der Waals surface area contributed by atoms with Crippen LogP contribution in [0.5, 0.6) is 5.75 Å². The summed E-state index contributed by atoms with van der Waals surface area (Å²) in [4.78, 5) is 26.3. The van der Waals surface area contributed by atoms with Crippen molar-refractivity contribution < 1.29 is 22.9 Å². The number of carboxylic acid groups (broad SMARTS) is 1. The lowest BCUT2D eigenvalue weighted by Crippen LogP contribution is -2.45. The van der Waals surface area contributed by atoms with Crippen LogP contribution in [-0.2, 0) is 0 Å². The molecule has 1 saturated heterocycles. The standard InChI is InChI=1S/C21H23F2N3O4S/c1-20(24)8-25(9-21(20)3-4-21)16-12(22)5-10-15(18(16)30-2)26(13-6-14(13)31-23)7-11(17(10)27)19(28)29/h5,7,13-14H,3-4,6,8-9,24H2,1-2H3,(H,28,29). The van der Waals surface area contributed by atoms with Crippen LogP contribution in [0, 0.1) is 11.2 Å². The monoisotopic (exact) mass is 451 g/mol. The molecule has 31 heavy (non-hydrogen) atoms. The molecule has 166 valence electrons. The Kier molecular flexibility index (Phi) is 4.37. The minimum Gasteiger partial charge on any atom is -0.492 e. The minimum atomic E-state index is -1.41. The molecule has 2 saturated carbocycles. The lowest BCUT2D eigenvalue weighted by Gasteiger charge is -2.26. The van der Waals surface area contributed by atoms with Crippen LogP contribution >= 0.6 is 12.1 Å².